The van der Waals surface area contributed by atoms with Gasteiger partial charge in [-0.2, -0.15) is 0 Å². The highest BCUT2D eigenvalue weighted by atomic mass is 16.4. The summed E-state index contributed by atoms with van der Waals surface area (Å²) in [6.45, 7) is 0.550. The minimum absolute atomic E-state index is 0.218. The first-order valence-electron chi connectivity index (χ1n) is 4.24. The maximum Gasteiger partial charge on any atom is 0.326 e. The lowest BCUT2D eigenvalue weighted by molar-refractivity contribution is -0.141. The Kier molecular flexibility index (Phi) is 2.75. The molecule has 1 atom stereocenters. The summed E-state index contributed by atoms with van der Waals surface area (Å²) in [6.07, 6.45) is 1.34. The summed E-state index contributed by atoms with van der Waals surface area (Å²) in [5.41, 5.74) is 0. The van der Waals surface area contributed by atoms with Gasteiger partial charge < -0.3 is 14.9 Å². The van der Waals surface area contributed by atoms with Crippen LogP contribution in [-0.2, 0) is 4.79 Å². The summed E-state index contributed by atoms with van der Waals surface area (Å²) in [5.74, 6) is -0.910. The molecule has 1 aliphatic rings. The Balaban J connectivity index is 2.68. The van der Waals surface area contributed by atoms with E-state index in [-0.39, 0.29) is 6.03 Å². The standard InChI is InChI=1S/C8H14N2O3/c1-9(2)8(13)10-5-3-4-6(10)7(11)12/h6H,3-5H2,1-2H3,(H,11,12)/t6-/m1/s1. The van der Waals surface area contributed by atoms with E-state index in [9.17, 15) is 9.59 Å². The number of carbonyl (C=O) groups is 2. The molecule has 0 unspecified atom stereocenters. The average molecular weight is 186 g/mol. The minimum Gasteiger partial charge on any atom is -0.480 e. The molecule has 0 radical (unpaired) electrons. The first kappa shape index (κ1) is 9.83. The third-order valence-corrected chi connectivity index (χ3v) is 2.17. The smallest absolute Gasteiger partial charge is 0.326 e. The molecule has 1 aliphatic heterocycles. The lowest BCUT2D eigenvalue weighted by atomic mass is 10.2. The van der Waals surface area contributed by atoms with Gasteiger partial charge in [-0.15, -0.1) is 0 Å². The van der Waals surface area contributed by atoms with Gasteiger partial charge in [-0.3, -0.25) is 0 Å². The zero-order chi connectivity index (χ0) is 10.0. The molecule has 13 heavy (non-hydrogen) atoms. The molecular weight excluding hydrogens is 172 g/mol. The van der Waals surface area contributed by atoms with Crippen LogP contribution in [0.1, 0.15) is 12.8 Å². The van der Waals surface area contributed by atoms with Gasteiger partial charge in [0.1, 0.15) is 6.04 Å². The van der Waals surface area contributed by atoms with Crippen molar-refractivity contribution in [2.24, 2.45) is 0 Å². The van der Waals surface area contributed by atoms with Crippen LogP contribution in [0.15, 0.2) is 0 Å². The highest BCUT2D eigenvalue weighted by Gasteiger charge is 2.34. The summed E-state index contributed by atoms with van der Waals surface area (Å²) in [5, 5.41) is 8.80. The molecular formula is C8H14N2O3. The molecule has 0 aromatic heterocycles. The molecule has 74 valence electrons. The van der Waals surface area contributed by atoms with Crippen molar-refractivity contribution in [1.29, 1.82) is 0 Å². The van der Waals surface area contributed by atoms with Gasteiger partial charge in [0.05, 0.1) is 0 Å². The van der Waals surface area contributed by atoms with E-state index in [1.807, 2.05) is 0 Å². The van der Waals surface area contributed by atoms with Crippen molar-refractivity contribution in [3.05, 3.63) is 0 Å². The predicted molar refractivity (Wildman–Crippen MR) is 46.4 cm³/mol. The second-order valence-electron chi connectivity index (χ2n) is 3.37. The minimum atomic E-state index is -0.910. The van der Waals surface area contributed by atoms with Crippen molar-refractivity contribution in [2.75, 3.05) is 20.6 Å². The first-order valence-corrected chi connectivity index (χ1v) is 4.24. The molecule has 0 bridgehead atoms. The van der Waals surface area contributed by atoms with Crippen LogP contribution in [0, 0.1) is 0 Å². The molecule has 2 amide bonds. The number of aliphatic carboxylic acids is 1. The SMILES string of the molecule is CN(C)C(=O)N1CCC[C@@H]1C(=O)O. The van der Waals surface area contributed by atoms with Crippen molar-refractivity contribution in [3.63, 3.8) is 0 Å². The normalized spacial score (nSPS) is 21.7. The van der Waals surface area contributed by atoms with Crippen LogP contribution < -0.4 is 0 Å². The van der Waals surface area contributed by atoms with Crippen LogP contribution in [0.25, 0.3) is 0 Å². The highest BCUT2D eigenvalue weighted by molar-refractivity contribution is 5.83. The second-order valence-corrected chi connectivity index (χ2v) is 3.37. The van der Waals surface area contributed by atoms with Crippen molar-refractivity contribution in [3.8, 4) is 0 Å². The van der Waals surface area contributed by atoms with E-state index in [4.69, 9.17) is 5.11 Å². The Morgan fingerprint density at radius 3 is 2.54 bits per heavy atom. The van der Waals surface area contributed by atoms with Crippen LogP contribution in [0.5, 0.6) is 0 Å². The maximum absolute atomic E-state index is 11.4. The van der Waals surface area contributed by atoms with Gasteiger partial charge in [-0.05, 0) is 12.8 Å². The Bertz CT molecular complexity index is 227. The van der Waals surface area contributed by atoms with Crippen LogP contribution in [0.3, 0.4) is 0 Å². The zero-order valence-electron chi connectivity index (χ0n) is 7.86. The zero-order valence-corrected chi connectivity index (χ0v) is 7.86. The van der Waals surface area contributed by atoms with E-state index in [0.29, 0.717) is 13.0 Å². The lowest BCUT2D eigenvalue weighted by Gasteiger charge is -2.24. The molecule has 1 fully saturated rings. The highest BCUT2D eigenvalue weighted by Crippen LogP contribution is 2.18. The molecule has 1 rings (SSSR count). The van der Waals surface area contributed by atoms with Crippen molar-refractivity contribution in [1.82, 2.24) is 9.80 Å². The predicted octanol–water partition coefficient (Wildman–Crippen LogP) is 0.217. The summed E-state index contributed by atoms with van der Waals surface area (Å²) in [7, 11) is 3.25. The van der Waals surface area contributed by atoms with Gasteiger partial charge in [-0.25, -0.2) is 9.59 Å². The van der Waals surface area contributed by atoms with E-state index in [2.05, 4.69) is 0 Å². The summed E-state index contributed by atoms with van der Waals surface area (Å²) >= 11 is 0. The average Bonchev–Trinajstić information content (AvgIpc) is 2.50. The van der Waals surface area contributed by atoms with Crippen molar-refractivity contribution < 1.29 is 14.7 Å². The van der Waals surface area contributed by atoms with E-state index >= 15 is 0 Å². The van der Waals surface area contributed by atoms with Gasteiger partial charge in [0, 0.05) is 20.6 Å². The fourth-order valence-electron chi connectivity index (χ4n) is 1.51. The fourth-order valence-corrected chi connectivity index (χ4v) is 1.51. The van der Waals surface area contributed by atoms with E-state index < -0.39 is 12.0 Å². The monoisotopic (exact) mass is 186 g/mol. The summed E-state index contributed by atoms with van der Waals surface area (Å²) < 4.78 is 0. The fraction of sp³-hybridized carbons (Fsp3) is 0.750. The molecule has 5 heteroatoms. The number of likely N-dealkylation sites (tertiary alicyclic amines) is 1. The molecule has 0 spiro atoms. The molecule has 1 heterocycles. The van der Waals surface area contributed by atoms with Gasteiger partial charge >= 0.3 is 12.0 Å². The topological polar surface area (TPSA) is 60.9 Å². The number of nitrogens with zero attached hydrogens (tertiary/aromatic N) is 2. The molecule has 5 nitrogen and oxygen atoms in total. The van der Waals surface area contributed by atoms with Gasteiger partial charge in [0.25, 0.3) is 0 Å². The Morgan fingerprint density at radius 2 is 2.08 bits per heavy atom. The van der Waals surface area contributed by atoms with Crippen LogP contribution in [0.4, 0.5) is 4.79 Å². The Labute approximate surface area is 76.9 Å². The van der Waals surface area contributed by atoms with E-state index in [1.54, 1.807) is 14.1 Å². The number of amides is 2. The largest absolute Gasteiger partial charge is 0.480 e. The van der Waals surface area contributed by atoms with Crippen LogP contribution >= 0.6 is 0 Å². The molecule has 0 aromatic carbocycles. The second kappa shape index (κ2) is 3.64. The molecule has 1 saturated heterocycles. The first-order chi connectivity index (χ1) is 6.04. The number of urea groups is 1. The van der Waals surface area contributed by atoms with Crippen molar-refractivity contribution in [2.45, 2.75) is 18.9 Å². The third kappa shape index (κ3) is 1.91. The molecule has 0 aromatic rings. The van der Waals surface area contributed by atoms with Crippen molar-refractivity contribution >= 4 is 12.0 Å². The molecule has 0 saturated carbocycles. The number of hydrogen-bond donors (Lipinski definition) is 1. The molecule has 1 N–H and O–H groups in total. The Morgan fingerprint density at radius 1 is 1.46 bits per heavy atom. The van der Waals surface area contributed by atoms with Crippen LogP contribution in [0.2, 0.25) is 0 Å². The van der Waals surface area contributed by atoms with Gasteiger partial charge in [0.2, 0.25) is 0 Å². The summed E-state index contributed by atoms with van der Waals surface area (Å²) in [4.78, 5) is 25.0. The van der Waals surface area contributed by atoms with E-state index in [1.165, 1.54) is 9.80 Å². The number of hydrogen-bond acceptors (Lipinski definition) is 2. The Hall–Kier alpha value is -1.26. The third-order valence-electron chi connectivity index (χ3n) is 2.17. The molecule has 0 aliphatic carbocycles. The number of rotatable bonds is 1. The van der Waals surface area contributed by atoms with E-state index in [0.717, 1.165) is 6.42 Å². The maximum atomic E-state index is 11.4. The number of carboxylic acid groups (broad SMARTS) is 1. The number of carboxylic acids is 1. The van der Waals surface area contributed by atoms with Gasteiger partial charge in [0.15, 0.2) is 0 Å². The lowest BCUT2D eigenvalue weighted by Crippen LogP contribution is -2.45. The van der Waals surface area contributed by atoms with Crippen LogP contribution in [-0.4, -0.2) is 53.6 Å². The number of carbonyl (C=O) groups excluding carboxylic acids is 1. The quantitative estimate of drug-likeness (QED) is 0.637. The summed E-state index contributed by atoms with van der Waals surface area (Å²) in [6, 6.07) is -0.847. The van der Waals surface area contributed by atoms with Gasteiger partial charge in [-0.1, -0.05) is 0 Å².